The molecule has 0 fully saturated rings. The summed E-state index contributed by atoms with van der Waals surface area (Å²) in [7, 11) is 1.18. The SMILES string of the molecule is CCCCC/C=C\C/C=C\C/C=C\C/C=C\CCCCCCCCCC(=O)OC(/C=C\CCCCCCCCCCC)C(COP(=O)([O-])OCC[N+](C)(C)C)NC(=O)CCCCCCCCCCCCCCCC/C=C\C/C=C\C/C=C\CCCCC. The molecule has 0 aliphatic heterocycles. The van der Waals surface area contributed by atoms with Gasteiger partial charge < -0.3 is 28.5 Å². The van der Waals surface area contributed by atoms with Gasteiger partial charge in [-0.1, -0.05) is 298 Å². The van der Waals surface area contributed by atoms with Crippen molar-refractivity contribution in [1.29, 1.82) is 0 Å². The van der Waals surface area contributed by atoms with E-state index in [2.05, 4.69) is 111 Å². The zero-order valence-corrected chi connectivity index (χ0v) is 58.6. The summed E-state index contributed by atoms with van der Waals surface area (Å²) in [4.78, 5) is 40.2. The van der Waals surface area contributed by atoms with Gasteiger partial charge >= 0.3 is 5.97 Å². The molecule has 3 unspecified atom stereocenters. The molecule has 0 radical (unpaired) electrons. The molecule has 0 heterocycles. The van der Waals surface area contributed by atoms with Gasteiger partial charge in [-0.2, -0.15) is 0 Å². The number of nitrogens with one attached hydrogen (secondary N) is 1. The van der Waals surface area contributed by atoms with E-state index in [0.29, 0.717) is 17.4 Å². The first-order valence-corrected chi connectivity index (χ1v) is 38.0. The first-order chi connectivity index (χ1) is 42.4. The summed E-state index contributed by atoms with van der Waals surface area (Å²) in [5.74, 6) is -0.550. The van der Waals surface area contributed by atoms with Crippen LogP contribution in [0.5, 0.6) is 0 Å². The highest BCUT2D eigenvalue weighted by atomic mass is 31.2. The number of phosphoric acid groups is 1. The zero-order valence-electron chi connectivity index (χ0n) is 57.7. The number of ether oxygens (including phenoxy) is 1. The average molecular weight is 1240 g/mol. The minimum absolute atomic E-state index is 0.0275. The second kappa shape index (κ2) is 65.9. The third-order valence-corrected chi connectivity index (χ3v) is 17.0. The molecule has 0 spiro atoms. The predicted molar refractivity (Wildman–Crippen MR) is 376 cm³/mol. The lowest BCUT2D eigenvalue weighted by molar-refractivity contribution is -0.870. The van der Waals surface area contributed by atoms with Crippen LogP contribution in [0.2, 0.25) is 0 Å². The van der Waals surface area contributed by atoms with Crippen LogP contribution in [0.4, 0.5) is 0 Å². The van der Waals surface area contributed by atoms with Crippen LogP contribution < -0.4 is 10.2 Å². The van der Waals surface area contributed by atoms with Crippen LogP contribution >= 0.6 is 7.82 Å². The van der Waals surface area contributed by atoms with E-state index < -0.39 is 26.6 Å². The van der Waals surface area contributed by atoms with Gasteiger partial charge in [0.25, 0.3) is 7.82 Å². The number of phosphoric ester groups is 1. The number of allylic oxidation sites excluding steroid dienone is 15. The monoisotopic (exact) mass is 1240 g/mol. The van der Waals surface area contributed by atoms with Gasteiger partial charge in [-0.3, -0.25) is 14.2 Å². The van der Waals surface area contributed by atoms with Crippen LogP contribution in [-0.2, 0) is 27.9 Å². The van der Waals surface area contributed by atoms with E-state index in [1.165, 1.54) is 193 Å². The molecule has 0 saturated carbocycles. The molecule has 504 valence electrons. The number of unbranched alkanes of at least 4 members (excludes halogenated alkanes) is 36. The number of quaternary nitrogens is 1. The number of rotatable bonds is 66. The molecule has 1 N–H and O–H groups in total. The van der Waals surface area contributed by atoms with Crippen LogP contribution in [0.15, 0.2) is 97.2 Å². The number of nitrogens with zero attached hydrogens (tertiary/aromatic N) is 1. The summed E-state index contributed by atoms with van der Waals surface area (Å²) in [6.45, 7) is 6.80. The van der Waals surface area contributed by atoms with Gasteiger partial charge in [-0.05, 0) is 115 Å². The summed E-state index contributed by atoms with van der Waals surface area (Å²) < 4.78 is 30.4. The minimum atomic E-state index is -4.71. The highest BCUT2D eigenvalue weighted by molar-refractivity contribution is 7.45. The quantitative estimate of drug-likeness (QED) is 0.0212. The molecule has 87 heavy (non-hydrogen) atoms. The van der Waals surface area contributed by atoms with Gasteiger partial charge in [-0.25, -0.2) is 0 Å². The molecule has 0 bridgehead atoms. The van der Waals surface area contributed by atoms with Gasteiger partial charge in [0.15, 0.2) is 0 Å². The van der Waals surface area contributed by atoms with Crippen molar-refractivity contribution in [2.24, 2.45) is 0 Å². The Labute approximate surface area is 538 Å². The Morgan fingerprint density at radius 3 is 1.07 bits per heavy atom. The lowest BCUT2D eigenvalue weighted by Crippen LogP contribution is -2.47. The fourth-order valence-electron chi connectivity index (χ4n) is 10.3. The van der Waals surface area contributed by atoms with Gasteiger partial charge in [0.2, 0.25) is 5.91 Å². The Morgan fingerprint density at radius 2 is 0.701 bits per heavy atom. The molecule has 1 amide bonds. The Hall–Kier alpha value is -3.07. The van der Waals surface area contributed by atoms with Crippen LogP contribution in [0.25, 0.3) is 0 Å². The van der Waals surface area contributed by atoms with Crippen LogP contribution in [-0.4, -0.2) is 69.4 Å². The summed E-state index contributed by atoms with van der Waals surface area (Å²) in [5, 5.41) is 3.04. The highest BCUT2D eigenvalue weighted by Crippen LogP contribution is 2.38. The molecular weight excluding hydrogens is 1100 g/mol. The molecule has 3 atom stereocenters. The van der Waals surface area contributed by atoms with Gasteiger partial charge in [-0.15, -0.1) is 0 Å². The van der Waals surface area contributed by atoms with E-state index in [4.69, 9.17) is 13.8 Å². The van der Waals surface area contributed by atoms with Gasteiger partial charge in [0, 0.05) is 12.8 Å². The minimum Gasteiger partial charge on any atom is -0.756 e. The average Bonchev–Trinajstić information content (AvgIpc) is 3.70. The number of likely N-dealkylation sites (N-methyl/N-ethyl adjacent to an activating group) is 1. The third kappa shape index (κ3) is 67.2. The first-order valence-electron chi connectivity index (χ1n) is 36.5. The van der Waals surface area contributed by atoms with Gasteiger partial charge in [0.1, 0.15) is 19.3 Å². The number of hydrogen-bond donors (Lipinski definition) is 1. The van der Waals surface area contributed by atoms with E-state index in [1.807, 2.05) is 33.3 Å². The molecule has 0 aromatic rings. The van der Waals surface area contributed by atoms with Crippen molar-refractivity contribution in [2.45, 2.75) is 341 Å². The Balaban J connectivity index is 5.01. The van der Waals surface area contributed by atoms with E-state index in [9.17, 15) is 19.0 Å². The van der Waals surface area contributed by atoms with E-state index in [0.717, 1.165) is 103 Å². The molecule has 9 nitrogen and oxygen atoms in total. The van der Waals surface area contributed by atoms with Crippen molar-refractivity contribution in [2.75, 3.05) is 40.9 Å². The molecule has 0 aliphatic rings. The number of esters is 1. The fourth-order valence-corrected chi connectivity index (χ4v) is 11.1. The number of hydrogen-bond acceptors (Lipinski definition) is 7. The Morgan fingerprint density at radius 1 is 0.402 bits per heavy atom. The van der Waals surface area contributed by atoms with Gasteiger partial charge in [0.05, 0.1) is 33.8 Å². The van der Waals surface area contributed by atoms with Crippen molar-refractivity contribution in [1.82, 2.24) is 5.32 Å². The number of amides is 1. The summed E-state index contributed by atoms with van der Waals surface area (Å²) in [5.41, 5.74) is 0. The molecule has 0 aromatic carbocycles. The molecule has 0 saturated heterocycles. The Kier molecular flexibility index (Phi) is 63.5. The predicted octanol–water partition coefficient (Wildman–Crippen LogP) is 22.8. The normalized spacial score (nSPS) is 14.1. The van der Waals surface area contributed by atoms with Crippen molar-refractivity contribution in [3.05, 3.63) is 97.2 Å². The molecule has 0 rings (SSSR count). The summed E-state index contributed by atoms with van der Waals surface area (Å²) in [6, 6.07) is -0.899. The number of carbonyl (C=O) groups excluding carboxylic acids is 2. The second-order valence-corrected chi connectivity index (χ2v) is 27.1. The maximum atomic E-state index is 13.6. The second-order valence-electron chi connectivity index (χ2n) is 25.7. The Bertz CT molecular complexity index is 1810. The smallest absolute Gasteiger partial charge is 0.306 e. The largest absolute Gasteiger partial charge is 0.756 e. The summed E-state index contributed by atoms with van der Waals surface area (Å²) >= 11 is 0. The van der Waals surface area contributed by atoms with Crippen molar-refractivity contribution in [3.63, 3.8) is 0 Å². The maximum Gasteiger partial charge on any atom is 0.306 e. The zero-order chi connectivity index (χ0) is 63.5. The highest BCUT2D eigenvalue weighted by Gasteiger charge is 2.27. The van der Waals surface area contributed by atoms with E-state index >= 15 is 0 Å². The van der Waals surface area contributed by atoms with Crippen molar-refractivity contribution < 1.29 is 37.3 Å². The fraction of sp³-hybridized carbons (Fsp3) is 0.766. The lowest BCUT2D eigenvalue weighted by atomic mass is 10.0. The lowest BCUT2D eigenvalue weighted by Gasteiger charge is -2.30. The first kappa shape index (κ1) is 83.9. The van der Waals surface area contributed by atoms with Crippen molar-refractivity contribution >= 4 is 19.7 Å². The third-order valence-electron chi connectivity index (χ3n) is 16.0. The van der Waals surface area contributed by atoms with Crippen LogP contribution in [0, 0.1) is 0 Å². The van der Waals surface area contributed by atoms with Crippen LogP contribution in [0.1, 0.15) is 329 Å². The molecule has 10 heteroatoms. The summed E-state index contributed by atoms with van der Waals surface area (Å²) in [6.07, 6.45) is 89.6. The number of carbonyl (C=O) groups is 2. The standard InChI is InChI=1S/C77H139N2O7P/c1-7-10-13-16-19-22-25-27-29-31-33-35-37-38-39-40-42-43-45-47-49-51-54-57-60-63-66-69-76(80)78-74(73-85-87(82,83)84-72-71-79(4,5)6)75(68-65-62-59-56-53-24-21-18-15-12-9-3)86-77(81)70-67-64-61-58-55-52-50-48-46-44-41-36-34-32-30-28-26-23-20-17-14-11-8-2/h19-20,22-23,27-30,33-36,44,46,65,68,74-75H,7-18,21,24-26,31-32,37-43,45,47-64,66-67,69-73H2,1-6H3,(H-,78,80,82,83)/b22-19-,23-20-,29-27-,30-28-,35-33-,36-34-,46-44-,68-65-. The maximum absolute atomic E-state index is 13.6. The molecule has 0 aliphatic carbocycles. The van der Waals surface area contributed by atoms with E-state index in [1.54, 1.807) is 0 Å². The van der Waals surface area contributed by atoms with Crippen LogP contribution in [0.3, 0.4) is 0 Å². The van der Waals surface area contributed by atoms with Crippen molar-refractivity contribution in [3.8, 4) is 0 Å². The van der Waals surface area contributed by atoms with E-state index in [-0.39, 0.29) is 24.9 Å². The molecule has 0 aromatic heterocycles. The molecular formula is C77H139N2O7P. The topological polar surface area (TPSA) is 114 Å².